The molecule has 4 aromatic rings. The highest BCUT2D eigenvalue weighted by Gasteiger charge is 2.27. The highest BCUT2D eigenvalue weighted by Crippen LogP contribution is 2.36. The van der Waals surface area contributed by atoms with E-state index in [0.29, 0.717) is 11.5 Å². The van der Waals surface area contributed by atoms with Gasteiger partial charge in [0.2, 0.25) is 0 Å². The van der Waals surface area contributed by atoms with Gasteiger partial charge in [0.1, 0.15) is 15.7 Å². The summed E-state index contributed by atoms with van der Waals surface area (Å²) in [5.74, 6) is -0.646. The summed E-state index contributed by atoms with van der Waals surface area (Å²) >= 11 is 7.72. The summed E-state index contributed by atoms with van der Waals surface area (Å²) in [5, 5.41) is 14.6. The Labute approximate surface area is 183 Å². The van der Waals surface area contributed by atoms with Gasteiger partial charge in [0.25, 0.3) is 0 Å². The molecule has 6 nitrogen and oxygen atoms in total. The Morgan fingerprint density at radius 3 is 2.63 bits per heavy atom. The number of halogens is 1. The molecule has 1 N–H and O–H groups in total. The maximum absolute atomic E-state index is 11.7. The third-order valence-corrected chi connectivity index (χ3v) is 5.84. The molecule has 152 valence electrons. The molecule has 0 bridgehead atoms. The monoisotopic (exact) mass is 438 g/mol. The number of para-hydroxylation sites is 1. The number of aryl methyl sites for hydroxylation is 1. The van der Waals surface area contributed by atoms with Gasteiger partial charge >= 0.3 is 5.97 Å². The first-order valence-electron chi connectivity index (χ1n) is 9.39. The van der Waals surface area contributed by atoms with Crippen molar-refractivity contribution in [2.75, 3.05) is 0 Å². The van der Waals surface area contributed by atoms with E-state index in [1.807, 2.05) is 55.5 Å². The summed E-state index contributed by atoms with van der Waals surface area (Å²) in [6, 6.07) is 15.7. The van der Waals surface area contributed by atoms with Gasteiger partial charge in [-0.1, -0.05) is 67.4 Å². The normalized spacial score (nSPS) is 11.2. The molecular formula is C22H19ClN4O2S. The molecule has 0 aliphatic rings. The van der Waals surface area contributed by atoms with E-state index in [1.165, 1.54) is 11.5 Å². The van der Waals surface area contributed by atoms with E-state index in [0.717, 1.165) is 27.4 Å². The second kappa shape index (κ2) is 8.01. The number of aromatic nitrogens is 4. The van der Waals surface area contributed by atoms with Crippen LogP contribution in [0.5, 0.6) is 0 Å². The Morgan fingerprint density at radius 1 is 1.17 bits per heavy atom. The second-order valence-corrected chi connectivity index (χ2v) is 8.36. The topological polar surface area (TPSA) is 80.9 Å². The quantitative estimate of drug-likeness (QED) is 0.423. The zero-order valence-electron chi connectivity index (χ0n) is 16.6. The van der Waals surface area contributed by atoms with Crippen LogP contribution in [0.4, 0.5) is 0 Å². The molecule has 0 amide bonds. The van der Waals surface area contributed by atoms with Crippen LogP contribution in [0.3, 0.4) is 0 Å². The van der Waals surface area contributed by atoms with Crippen LogP contribution < -0.4 is 0 Å². The number of rotatable bonds is 5. The minimum Gasteiger partial charge on any atom is -0.476 e. The Balaban J connectivity index is 1.92. The van der Waals surface area contributed by atoms with E-state index in [9.17, 15) is 9.90 Å². The maximum atomic E-state index is 11.7. The fourth-order valence-corrected chi connectivity index (χ4v) is 4.23. The van der Waals surface area contributed by atoms with Crippen molar-refractivity contribution >= 4 is 29.1 Å². The summed E-state index contributed by atoms with van der Waals surface area (Å²) in [4.78, 5) is 16.4. The van der Waals surface area contributed by atoms with Crippen molar-refractivity contribution in [1.29, 1.82) is 0 Å². The number of hydrogen-bond acceptors (Lipinski definition) is 5. The SMILES string of the molecule is Cc1cccc(-c2nc(-c3c(Cl)c(C(=O)O)nn3-c3ccccc3C(C)C)ns2)c1. The Hall–Kier alpha value is -3.03. The van der Waals surface area contributed by atoms with Crippen LogP contribution in [-0.4, -0.2) is 30.2 Å². The molecular weight excluding hydrogens is 420 g/mol. The number of hydrogen-bond donors (Lipinski definition) is 1. The molecule has 0 unspecified atom stereocenters. The van der Waals surface area contributed by atoms with Crippen LogP contribution in [0.25, 0.3) is 27.8 Å². The molecule has 4 rings (SSSR count). The molecule has 0 fully saturated rings. The third-order valence-electron chi connectivity index (χ3n) is 4.72. The Kier molecular flexibility index (Phi) is 5.40. The largest absolute Gasteiger partial charge is 0.476 e. The van der Waals surface area contributed by atoms with Crippen molar-refractivity contribution < 1.29 is 9.90 Å². The van der Waals surface area contributed by atoms with Crippen molar-refractivity contribution in [1.82, 2.24) is 19.1 Å². The van der Waals surface area contributed by atoms with Crippen LogP contribution in [-0.2, 0) is 0 Å². The van der Waals surface area contributed by atoms with E-state index in [-0.39, 0.29) is 16.6 Å². The molecule has 0 aliphatic heterocycles. The second-order valence-electron chi connectivity index (χ2n) is 7.23. The first-order valence-corrected chi connectivity index (χ1v) is 10.5. The minimum atomic E-state index is -1.20. The Bertz CT molecular complexity index is 1250. The number of carboxylic acid groups (broad SMARTS) is 1. The van der Waals surface area contributed by atoms with E-state index in [1.54, 1.807) is 4.68 Å². The summed E-state index contributed by atoms with van der Waals surface area (Å²) < 4.78 is 6.02. The van der Waals surface area contributed by atoms with Gasteiger partial charge in [-0.2, -0.15) is 9.47 Å². The van der Waals surface area contributed by atoms with Crippen LogP contribution in [0.2, 0.25) is 5.02 Å². The standard InChI is InChI=1S/C22H19ClN4O2S/c1-12(2)15-9-4-5-10-16(15)27-19(17(23)18(25-27)22(28)29)20-24-21(30-26-20)14-8-6-7-13(3)11-14/h4-12H,1-3H3,(H,28,29). The van der Waals surface area contributed by atoms with Gasteiger partial charge in [-0.25, -0.2) is 14.5 Å². The lowest BCUT2D eigenvalue weighted by molar-refractivity contribution is 0.0690. The zero-order valence-corrected chi connectivity index (χ0v) is 18.2. The summed E-state index contributed by atoms with van der Waals surface area (Å²) in [6.07, 6.45) is 0. The molecule has 2 aromatic heterocycles. The van der Waals surface area contributed by atoms with Gasteiger partial charge in [0.15, 0.2) is 11.5 Å². The average molecular weight is 439 g/mol. The Morgan fingerprint density at radius 2 is 1.93 bits per heavy atom. The van der Waals surface area contributed by atoms with Gasteiger partial charge in [-0.3, -0.25) is 0 Å². The molecule has 0 radical (unpaired) electrons. The van der Waals surface area contributed by atoms with Crippen molar-refractivity contribution in [2.45, 2.75) is 26.7 Å². The van der Waals surface area contributed by atoms with E-state index >= 15 is 0 Å². The lowest BCUT2D eigenvalue weighted by atomic mass is 10.0. The summed E-state index contributed by atoms with van der Waals surface area (Å²) in [6.45, 7) is 6.15. The molecule has 0 atom stereocenters. The number of nitrogens with zero attached hydrogens (tertiary/aromatic N) is 4. The van der Waals surface area contributed by atoms with Crippen LogP contribution >= 0.6 is 23.1 Å². The van der Waals surface area contributed by atoms with Gasteiger partial charge < -0.3 is 5.11 Å². The van der Waals surface area contributed by atoms with E-state index in [2.05, 4.69) is 28.3 Å². The third kappa shape index (κ3) is 3.62. The summed E-state index contributed by atoms with van der Waals surface area (Å²) in [5.41, 5.74) is 3.98. The summed E-state index contributed by atoms with van der Waals surface area (Å²) in [7, 11) is 0. The molecule has 0 saturated heterocycles. The molecule has 0 saturated carbocycles. The smallest absolute Gasteiger partial charge is 0.358 e. The van der Waals surface area contributed by atoms with Gasteiger partial charge in [-0.05, 0) is 42.1 Å². The van der Waals surface area contributed by atoms with Gasteiger partial charge in [-0.15, -0.1) is 0 Å². The average Bonchev–Trinajstić information content (AvgIpc) is 3.32. The lowest BCUT2D eigenvalue weighted by Gasteiger charge is -2.14. The maximum Gasteiger partial charge on any atom is 0.358 e. The van der Waals surface area contributed by atoms with Gasteiger partial charge in [0, 0.05) is 5.56 Å². The highest BCUT2D eigenvalue weighted by atomic mass is 35.5. The van der Waals surface area contributed by atoms with Crippen molar-refractivity contribution in [3.63, 3.8) is 0 Å². The molecule has 2 aromatic carbocycles. The molecule has 0 spiro atoms. The number of aromatic carboxylic acids is 1. The van der Waals surface area contributed by atoms with Gasteiger partial charge in [0.05, 0.1) is 5.69 Å². The first-order chi connectivity index (χ1) is 14.4. The highest BCUT2D eigenvalue weighted by molar-refractivity contribution is 7.09. The number of benzene rings is 2. The first kappa shape index (κ1) is 20.3. The predicted octanol–water partition coefficient (Wildman–Crippen LogP) is 5.84. The fourth-order valence-electron chi connectivity index (χ4n) is 3.29. The molecule has 8 heteroatoms. The number of carbonyl (C=O) groups is 1. The minimum absolute atomic E-state index is 0.0228. The molecule has 0 aliphatic carbocycles. The van der Waals surface area contributed by atoms with Crippen LogP contribution in [0.1, 0.15) is 41.4 Å². The van der Waals surface area contributed by atoms with E-state index < -0.39 is 5.97 Å². The molecule has 2 heterocycles. The van der Waals surface area contributed by atoms with Crippen molar-refractivity contribution in [3.05, 3.63) is 70.4 Å². The lowest BCUT2D eigenvalue weighted by Crippen LogP contribution is -2.06. The van der Waals surface area contributed by atoms with E-state index in [4.69, 9.17) is 11.6 Å². The fraction of sp³-hybridized carbons (Fsp3) is 0.182. The molecule has 30 heavy (non-hydrogen) atoms. The zero-order chi connectivity index (χ0) is 21.4. The predicted molar refractivity (Wildman–Crippen MR) is 119 cm³/mol. The van der Waals surface area contributed by atoms with Crippen molar-refractivity contribution in [3.8, 4) is 27.8 Å². The van der Waals surface area contributed by atoms with Crippen LogP contribution in [0.15, 0.2) is 48.5 Å². The van der Waals surface area contributed by atoms with Crippen molar-refractivity contribution in [2.24, 2.45) is 0 Å². The van der Waals surface area contributed by atoms with Crippen LogP contribution in [0, 0.1) is 6.92 Å². The number of carboxylic acids is 1.